The lowest BCUT2D eigenvalue weighted by molar-refractivity contribution is 0.0440. The maximum absolute atomic E-state index is 12.9. The smallest absolute Gasteiger partial charge is 0.141 e. The van der Waals surface area contributed by atoms with Crippen molar-refractivity contribution >= 4 is 0 Å². The molecule has 1 saturated heterocycles. The maximum Gasteiger partial charge on any atom is 0.141 e. The molecule has 118 valence electrons. The quantitative estimate of drug-likeness (QED) is 0.901. The van der Waals surface area contributed by atoms with E-state index >= 15 is 0 Å². The number of nitrogens with zero attached hydrogens (tertiary/aromatic N) is 3. The van der Waals surface area contributed by atoms with Crippen LogP contribution in [0.15, 0.2) is 18.3 Å². The van der Waals surface area contributed by atoms with Crippen LogP contribution in [0.5, 0.6) is 0 Å². The Kier molecular flexibility index (Phi) is 5.67. The molecular weight excluding hydrogens is 269 g/mol. The summed E-state index contributed by atoms with van der Waals surface area (Å²) in [6, 6.07) is 3.46. The average Bonchev–Trinajstić information content (AvgIpc) is 2.47. The average molecular weight is 295 g/mol. The zero-order valence-corrected chi connectivity index (χ0v) is 13.2. The summed E-state index contributed by atoms with van der Waals surface area (Å²) in [5, 5.41) is 10.4. The highest BCUT2D eigenvalue weighted by molar-refractivity contribution is 5.09. The van der Waals surface area contributed by atoms with E-state index in [4.69, 9.17) is 0 Å². The highest BCUT2D eigenvalue weighted by Crippen LogP contribution is 2.22. The lowest BCUT2D eigenvalue weighted by atomic mass is 10.00. The van der Waals surface area contributed by atoms with Crippen molar-refractivity contribution in [2.45, 2.75) is 32.9 Å². The number of aromatic nitrogens is 1. The lowest BCUT2D eigenvalue weighted by Crippen LogP contribution is -2.52. The normalized spacial score (nSPS) is 24.0. The number of hydrogen-bond donors (Lipinski definition) is 1. The first-order valence-electron chi connectivity index (χ1n) is 7.77. The molecule has 1 aliphatic rings. The second-order valence-corrected chi connectivity index (χ2v) is 6.06. The van der Waals surface area contributed by atoms with Gasteiger partial charge in [0.15, 0.2) is 0 Å². The first kappa shape index (κ1) is 16.3. The molecule has 1 fully saturated rings. The van der Waals surface area contributed by atoms with Crippen molar-refractivity contribution in [1.29, 1.82) is 0 Å². The van der Waals surface area contributed by atoms with Crippen molar-refractivity contribution in [3.05, 3.63) is 29.8 Å². The molecule has 21 heavy (non-hydrogen) atoms. The van der Waals surface area contributed by atoms with E-state index in [9.17, 15) is 9.50 Å². The molecule has 1 aromatic heterocycles. The third-order valence-electron chi connectivity index (χ3n) is 4.39. The second-order valence-electron chi connectivity index (χ2n) is 6.06. The summed E-state index contributed by atoms with van der Waals surface area (Å²) in [6.45, 7) is 11.5. The Bertz CT molecular complexity index is 440. The summed E-state index contributed by atoms with van der Waals surface area (Å²) in [4.78, 5) is 8.85. The summed E-state index contributed by atoms with van der Waals surface area (Å²) in [6.07, 6.45) is 0.512. The topological polar surface area (TPSA) is 39.6 Å². The van der Waals surface area contributed by atoms with Gasteiger partial charge in [0.05, 0.1) is 18.0 Å². The van der Waals surface area contributed by atoms with E-state index in [1.807, 2.05) is 6.92 Å². The third-order valence-corrected chi connectivity index (χ3v) is 4.39. The van der Waals surface area contributed by atoms with Gasteiger partial charge in [0, 0.05) is 38.1 Å². The first-order chi connectivity index (χ1) is 10.0. The fourth-order valence-corrected chi connectivity index (χ4v) is 3.07. The molecule has 1 aliphatic heterocycles. The van der Waals surface area contributed by atoms with Gasteiger partial charge < -0.3 is 10.0 Å². The molecule has 2 heterocycles. The van der Waals surface area contributed by atoms with Crippen LogP contribution in [0.3, 0.4) is 0 Å². The Morgan fingerprint density at radius 2 is 2.19 bits per heavy atom. The van der Waals surface area contributed by atoms with Crippen molar-refractivity contribution in [2.24, 2.45) is 5.92 Å². The monoisotopic (exact) mass is 295 g/mol. The molecule has 3 atom stereocenters. The van der Waals surface area contributed by atoms with Gasteiger partial charge in [-0.05, 0) is 25.6 Å². The van der Waals surface area contributed by atoms with E-state index < -0.39 is 6.10 Å². The molecule has 0 saturated carbocycles. The number of aliphatic hydroxyl groups is 1. The van der Waals surface area contributed by atoms with Gasteiger partial charge in [0.1, 0.15) is 5.82 Å². The number of hydrogen-bond acceptors (Lipinski definition) is 4. The molecule has 0 amide bonds. The molecule has 3 unspecified atom stereocenters. The second kappa shape index (κ2) is 7.29. The van der Waals surface area contributed by atoms with Crippen molar-refractivity contribution in [3.63, 3.8) is 0 Å². The third kappa shape index (κ3) is 4.22. The minimum atomic E-state index is -0.648. The van der Waals surface area contributed by atoms with Crippen LogP contribution >= 0.6 is 0 Å². The van der Waals surface area contributed by atoms with E-state index in [-0.39, 0.29) is 11.7 Å². The van der Waals surface area contributed by atoms with Gasteiger partial charge in [-0.15, -0.1) is 0 Å². The molecule has 0 bridgehead atoms. The zero-order valence-electron chi connectivity index (χ0n) is 13.2. The van der Waals surface area contributed by atoms with Gasteiger partial charge >= 0.3 is 0 Å². The van der Waals surface area contributed by atoms with Crippen LogP contribution in [0, 0.1) is 11.7 Å². The van der Waals surface area contributed by atoms with Crippen LogP contribution in [0.25, 0.3) is 0 Å². The molecule has 1 N–H and O–H groups in total. The van der Waals surface area contributed by atoms with Crippen molar-refractivity contribution < 1.29 is 9.50 Å². The predicted molar refractivity (Wildman–Crippen MR) is 81.5 cm³/mol. The van der Waals surface area contributed by atoms with Crippen LogP contribution in [0.2, 0.25) is 0 Å². The molecule has 2 rings (SSSR count). The van der Waals surface area contributed by atoms with E-state index in [0.717, 1.165) is 38.9 Å². The Morgan fingerprint density at radius 3 is 2.76 bits per heavy atom. The molecule has 4 nitrogen and oxygen atoms in total. The van der Waals surface area contributed by atoms with Gasteiger partial charge in [-0.1, -0.05) is 13.8 Å². The Morgan fingerprint density at radius 1 is 1.43 bits per heavy atom. The SMILES string of the molecule is CCN1CCN(CC(C)C(O)c2ccc(F)cn2)CC1C. The van der Waals surface area contributed by atoms with Crippen molar-refractivity contribution in [3.8, 4) is 0 Å². The van der Waals surface area contributed by atoms with Crippen LogP contribution in [0.1, 0.15) is 32.6 Å². The Hall–Kier alpha value is -1.04. The number of pyridine rings is 1. The van der Waals surface area contributed by atoms with Gasteiger partial charge in [-0.3, -0.25) is 9.88 Å². The Balaban J connectivity index is 1.89. The standard InChI is InChI=1S/C16H26FN3O/c1-4-20-8-7-19(11-13(20)3)10-12(2)16(21)15-6-5-14(17)9-18-15/h5-6,9,12-13,16,21H,4,7-8,10-11H2,1-3H3. The molecule has 0 aromatic carbocycles. The minimum absolute atomic E-state index is 0.0725. The predicted octanol–water partition coefficient (Wildman–Crippen LogP) is 1.92. The molecular formula is C16H26FN3O. The van der Waals surface area contributed by atoms with E-state index in [2.05, 4.69) is 28.6 Å². The van der Waals surface area contributed by atoms with Crippen molar-refractivity contribution in [1.82, 2.24) is 14.8 Å². The summed E-state index contributed by atoms with van der Waals surface area (Å²) >= 11 is 0. The van der Waals surface area contributed by atoms with E-state index in [1.54, 1.807) is 6.07 Å². The minimum Gasteiger partial charge on any atom is -0.386 e. The summed E-state index contributed by atoms with van der Waals surface area (Å²) in [5.74, 6) is -0.300. The summed E-state index contributed by atoms with van der Waals surface area (Å²) in [7, 11) is 0. The van der Waals surface area contributed by atoms with Crippen LogP contribution < -0.4 is 0 Å². The molecule has 5 heteroatoms. The lowest BCUT2D eigenvalue weighted by Gasteiger charge is -2.40. The van der Waals surface area contributed by atoms with Crippen LogP contribution in [0.4, 0.5) is 4.39 Å². The van der Waals surface area contributed by atoms with Gasteiger partial charge in [-0.25, -0.2) is 4.39 Å². The van der Waals surface area contributed by atoms with Gasteiger partial charge in [0.2, 0.25) is 0 Å². The van der Waals surface area contributed by atoms with Gasteiger partial charge in [-0.2, -0.15) is 0 Å². The Labute approximate surface area is 126 Å². The number of halogens is 1. The fraction of sp³-hybridized carbons (Fsp3) is 0.688. The molecule has 0 spiro atoms. The largest absolute Gasteiger partial charge is 0.386 e. The number of likely N-dealkylation sites (N-methyl/N-ethyl adjacent to an activating group) is 1. The van der Waals surface area contributed by atoms with E-state index in [1.165, 1.54) is 6.07 Å². The summed E-state index contributed by atoms with van der Waals surface area (Å²) < 4.78 is 12.9. The summed E-state index contributed by atoms with van der Waals surface area (Å²) in [5.41, 5.74) is 0.546. The van der Waals surface area contributed by atoms with E-state index in [0.29, 0.717) is 11.7 Å². The first-order valence-corrected chi connectivity index (χ1v) is 7.77. The maximum atomic E-state index is 12.9. The molecule has 1 aromatic rings. The van der Waals surface area contributed by atoms with Crippen LogP contribution in [-0.2, 0) is 0 Å². The number of piperazine rings is 1. The highest BCUT2D eigenvalue weighted by atomic mass is 19.1. The number of aliphatic hydroxyl groups excluding tert-OH is 1. The van der Waals surface area contributed by atoms with Crippen molar-refractivity contribution in [2.75, 3.05) is 32.7 Å². The van der Waals surface area contributed by atoms with Crippen LogP contribution in [-0.4, -0.2) is 58.7 Å². The molecule has 0 aliphatic carbocycles. The van der Waals surface area contributed by atoms with Gasteiger partial charge in [0.25, 0.3) is 0 Å². The fourth-order valence-electron chi connectivity index (χ4n) is 3.07. The zero-order chi connectivity index (χ0) is 15.4. The highest BCUT2D eigenvalue weighted by Gasteiger charge is 2.26. The molecule has 0 radical (unpaired) electrons. The number of rotatable bonds is 5.